The third kappa shape index (κ3) is 4.37. The molecule has 3 N–H and O–H groups in total. The van der Waals surface area contributed by atoms with Crippen LogP contribution in [-0.4, -0.2) is 24.5 Å². The second-order valence-electron chi connectivity index (χ2n) is 4.95. The molecule has 2 unspecified atom stereocenters. The van der Waals surface area contributed by atoms with Crippen molar-refractivity contribution >= 4 is 5.91 Å². The van der Waals surface area contributed by atoms with Crippen molar-refractivity contribution < 1.29 is 4.79 Å². The van der Waals surface area contributed by atoms with E-state index in [0.717, 1.165) is 24.8 Å². The second-order valence-corrected chi connectivity index (χ2v) is 4.95. The normalized spacial score (nSPS) is 21.1. The molecule has 2 atom stereocenters. The van der Waals surface area contributed by atoms with E-state index in [2.05, 4.69) is 34.9 Å². The van der Waals surface area contributed by atoms with Crippen LogP contribution in [0.2, 0.25) is 0 Å². The summed E-state index contributed by atoms with van der Waals surface area (Å²) in [5.74, 6) is 5.99. The Bertz CT molecular complexity index is 489. The van der Waals surface area contributed by atoms with Crippen LogP contribution in [-0.2, 0) is 4.79 Å². The van der Waals surface area contributed by atoms with E-state index in [0.29, 0.717) is 12.6 Å². The summed E-state index contributed by atoms with van der Waals surface area (Å²) in [6.45, 7) is 2.53. The van der Waals surface area contributed by atoms with Crippen LogP contribution < -0.4 is 16.2 Å². The number of hydrazine groups is 1. The van der Waals surface area contributed by atoms with Crippen LogP contribution in [0.5, 0.6) is 0 Å². The van der Waals surface area contributed by atoms with E-state index in [1.165, 1.54) is 0 Å². The fraction of sp³-hybridized carbons (Fsp3) is 0.438. The molecule has 0 aromatic heterocycles. The lowest BCUT2D eigenvalue weighted by Crippen LogP contribution is -2.43. The molecule has 4 nitrogen and oxygen atoms in total. The molecule has 0 radical (unpaired) electrons. The zero-order valence-electron chi connectivity index (χ0n) is 11.8. The predicted molar refractivity (Wildman–Crippen MR) is 79.7 cm³/mol. The van der Waals surface area contributed by atoms with Gasteiger partial charge in [0.25, 0.3) is 0 Å². The van der Waals surface area contributed by atoms with Gasteiger partial charge in [-0.15, -0.1) is 0 Å². The SMILES string of the molecule is CCCC1CC(C(=O)NCC#Cc2ccccc2)NN1. The lowest BCUT2D eigenvalue weighted by atomic mass is 10.1. The third-order valence-electron chi connectivity index (χ3n) is 3.29. The summed E-state index contributed by atoms with van der Waals surface area (Å²) in [4.78, 5) is 11.9. The van der Waals surface area contributed by atoms with E-state index >= 15 is 0 Å². The van der Waals surface area contributed by atoms with Gasteiger partial charge in [0.05, 0.1) is 6.54 Å². The molecular weight excluding hydrogens is 250 g/mol. The van der Waals surface area contributed by atoms with E-state index in [4.69, 9.17) is 0 Å². The quantitative estimate of drug-likeness (QED) is 0.721. The van der Waals surface area contributed by atoms with E-state index < -0.39 is 0 Å². The number of rotatable bonds is 4. The van der Waals surface area contributed by atoms with Crippen LogP contribution in [0.1, 0.15) is 31.7 Å². The highest BCUT2D eigenvalue weighted by atomic mass is 16.2. The molecule has 106 valence electrons. The van der Waals surface area contributed by atoms with Gasteiger partial charge in [0.15, 0.2) is 0 Å². The number of benzene rings is 1. The largest absolute Gasteiger partial charge is 0.344 e. The van der Waals surface area contributed by atoms with Crippen molar-refractivity contribution in [2.75, 3.05) is 6.54 Å². The minimum atomic E-state index is -0.148. The molecule has 1 aliphatic heterocycles. The number of hydrogen-bond donors (Lipinski definition) is 3. The highest BCUT2D eigenvalue weighted by Crippen LogP contribution is 2.09. The third-order valence-corrected chi connectivity index (χ3v) is 3.29. The van der Waals surface area contributed by atoms with Crippen molar-refractivity contribution in [3.63, 3.8) is 0 Å². The van der Waals surface area contributed by atoms with Crippen LogP contribution in [0, 0.1) is 11.8 Å². The first-order chi connectivity index (χ1) is 9.79. The van der Waals surface area contributed by atoms with Gasteiger partial charge in [-0.3, -0.25) is 10.2 Å². The first-order valence-corrected chi connectivity index (χ1v) is 7.12. The molecular formula is C16H21N3O. The number of nitrogens with one attached hydrogen (secondary N) is 3. The number of carbonyl (C=O) groups excluding carboxylic acids is 1. The van der Waals surface area contributed by atoms with Crippen molar-refractivity contribution in [2.45, 2.75) is 38.3 Å². The van der Waals surface area contributed by atoms with Gasteiger partial charge in [-0.25, -0.2) is 5.43 Å². The van der Waals surface area contributed by atoms with E-state index in [9.17, 15) is 4.79 Å². The molecule has 1 fully saturated rings. The zero-order valence-corrected chi connectivity index (χ0v) is 11.8. The number of carbonyl (C=O) groups is 1. The average Bonchev–Trinajstić information content (AvgIpc) is 2.94. The molecule has 0 aliphatic carbocycles. The first kappa shape index (κ1) is 14.6. The molecule has 1 heterocycles. The molecule has 0 spiro atoms. The molecule has 20 heavy (non-hydrogen) atoms. The van der Waals surface area contributed by atoms with Crippen LogP contribution in [0.4, 0.5) is 0 Å². The lowest BCUT2D eigenvalue weighted by molar-refractivity contribution is -0.122. The van der Waals surface area contributed by atoms with Gasteiger partial charge >= 0.3 is 0 Å². The Balaban J connectivity index is 1.72. The molecule has 0 saturated carbocycles. The van der Waals surface area contributed by atoms with E-state index in [1.54, 1.807) is 0 Å². The monoisotopic (exact) mass is 271 g/mol. The molecule has 2 rings (SSSR count). The first-order valence-electron chi connectivity index (χ1n) is 7.12. The summed E-state index contributed by atoms with van der Waals surface area (Å²) >= 11 is 0. The van der Waals surface area contributed by atoms with Crippen molar-refractivity contribution in [1.29, 1.82) is 0 Å². The summed E-state index contributed by atoms with van der Waals surface area (Å²) in [6.07, 6.45) is 3.05. The topological polar surface area (TPSA) is 53.2 Å². The van der Waals surface area contributed by atoms with Crippen LogP contribution in [0.3, 0.4) is 0 Å². The lowest BCUT2D eigenvalue weighted by Gasteiger charge is -2.08. The average molecular weight is 271 g/mol. The molecule has 1 saturated heterocycles. The summed E-state index contributed by atoms with van der Waals surface area (Å²) in [5, 5.41) is 2.84. The van der Waals surface area contributed by atoms with Crippen molar-refractivity contribution in [3.05, 3.63) is 35.9 Å². The van der Waals surface area contributed by atoms with Crippen LogP contribution in [0.15, 0.2) is 30.3 Å². The molecule has 0 bridgehead atoms. The maximum Gasteiger partial charge on any atom is 0.239 e. The fourth-order valence-electron chi connectivity index (χ4n) is 2.25. The Morgan fingerprint density at radius 3 is 2.90 bits per heavy atom. The standard InChI is InChI=1S/C16H21N3O/c1-2-7-14-12-15(19-18-14)16(20)17-11-6-10-13-8-4-3-5-9-13/h3-5,8-9,14-15,18-19H,2,7,11-12H2,1H3,(H,17,20). The summed E-state index contributed by atoms with van der Waals surface area (Å²) in [7, 11) is 0. The predicted octanol–water partition coefficient (Wildman–Crippen LogP) is 1.19. The van der Waals surface area contributed by atoms with E-state index in [-0.39, 0.29) is 11.9 Å². The minimum absolute atomic E-state index is 0.0125. The van der Waals surface area contributed by atoms with Gasteiger partial charge in [-0.2, -0.15) is 0 Å². The van der Waals surface area contributed by atoms with Gasteiger partial charge in [0, 0.05) is 11.6 Å². The van der Waals surface area contributed by atoms with Gasteiger partial charge in [0.1, 0.15) is 6.04 Å². The minimum Gasteiger partial charge on any atom is -0.344 e. The van der Waals surface area contributed by atoms with Gasteiger partial charge in [-0.1, -0.05) is 43.4 Å². The van der Waals surface area contributed by atoms with Gasteiger partial charge in [0.2, 0.25) is 5.91 Å². The highest BCUT2D eigenvalue weighted by Gasteiger charge is 2.27. The van der Waals surface area contributed by atoms with Crippen molar-refractivity contribution in [1.82, 2.24) is 16.2 Å². The Kier molecular flexibility index (Phi) is 5.60. The Labute approximate surface area is 120 Å². The van der Waals surface area contributed by atoms with Crippen molar-refractivity contribution in [3.8, 4) is 11.8 Å². The maximum atomic E-state index is 11.9. The zero-order chi connectivity index (χ0) is 14.2. The number of hydrogen-bond acceptors (Lipinski definition) is 3. The molecule has 1 aromatic rings. The summed E-state index contributed by atoms with van der Waals surface area (Å²) < 4.78 is 0. The van der Waals surface area contributed by atoms with Gasteiger partial charge in [-0.05, 0) is 25.0 Å². The second kappa shape index (κ2) is 7.68. The molecule has 1 aliphatic rings. The number of amides is 1. The highest BCUT2D eigenvalue weighted by molar-refractivity contribution is 5.82. The maximum absolute atomic E-state index is 11.9. The molecule has 1 aromatic carbocycles. The summed E-state index contributed by atoms with van der Waals surface area (Å²) in [6, 6.07) is 10.0. The van der Waals surface area contributed by atoms with E-state index in [1.807, 2.05) is 30.3 Å². The van der Waals surface area contributed by atoms with Crippen molar-refractivity contribution in [2.24, 2.45) is 0 Å². The fourth-order valence-corrected chi connectivity index (χ4v) is 2.25. The summed E-state index contributed by atoms with van der Waals surface area (Å²) in [5.41, 5.74) is 7.16. The van der Waals surface area contributed by atoms with Crippen LogP contribution >= 0.6 is 0 Å². The smallest absolute Gasteiger partial charge is 0.239 e. The Morgan fingerprint density at radius 1 is 1.35 bits per heavy atom. The molecule has 4 heteroatoms. The van der Waals surface area contributed by atoms with Crippen LogP contribution in [0.25, 0.3) is 0 Å². The Morgan fingerprint density at radius 2 is 2.15 bits per heavy atom. The van der Waals surface area contributed by atoms with Gasteiger partial charge < -0.3 is 5.32 Å². The Hall–Kier alpha value is -1.83. The molecule has 1 amide bonds.